The molecular weight excluding hydrogens is 326 g/mol. The van der Waals surface area contributed by atoms with E-state index in [1.807, 2.05) is 0 Å². The van der Waals surface area contributed by atoms with Crippen LogP contribution in [0.2, 0.25) is 0 Å². The summed E-state index contributed by atoms with van der Waals surface area (Å²) in [6.07, 6.45) is 8.26. The van der Waals surface area contributed by atoms with Crippen LogP contribution < -0.4 is 0 Å². The molecule has 1 saturated heterocycles. The minimum absolute atomic E-state index is 0.954. The van der Waals surface area contributed by atoms with Crippen molar-refractivity contribution in [2.75, 3.05) is 13.1 Å². The zero-order valence-electron chi connectivity index (χ0n) is 13.4. The fraction of sp³-hybridized carbons (Fsp3) is 0.824. The van der Waals surface area contributed by atoms with E-state index in [9.17, 15) is 0 Å². The minimum atomic E-state index is 0.954. The highest BCUT2D eigenvalue weighted by atomic mass is 79.9. The van der Waals surface area contributed by atoms with E-state index in [1.165, 1.54) is 61.1 Å². The van der Waals surface area contributed by atoms with E-state index in [0.29, 0.717) is 0 Å². The van der Waals surface area contributed by atoms with Gasteiger partial charge in [0.2, 0.25) is 0 Å². The van der Waals surface area contributed by atoms with E-state index in [4.69, 9.17) is 5.10 Å². The predicted octanol–water partition coefficient (Wildman–Crippen LogP) is 4.24. The van der Waals surface area contributed by atoms with E-state index in [1.54, 1.807) is 0 Å². The number of likely N-dealkylation sites (tertiary alicyclic amines) is 1. The molecule has 118 valence electrons. The van der Waals surface area contributed by atoms with Crippen molar-refractivity contribution in [2.45, 2.75) is 65.5 Å². The fourth-order valence-electron chi connectivity index (χ4n) is 4.20. The lowest BCUT2D eigenvalue weighted by Gasteiger charge is -2.41. The summed E-state index contributed by atoms with van der Waals surface area (Å²) >= 11 is 3.79. The average Bonchev–Trinajstić information content (AvgIpc) is 2.83. The number of fused-ring (bicyclic) bond motifs is 1. The molecule has 2 heterocycles. The maximum absolute atomic E-state index is 4.74. The zero-order chi connectivity index (χ0) is 14.8. The summed E-state index contributed by atoms with van der Waals surface area (Å²) in [5.41, 5.74) is 2.59. The van der Waals surface area contributed by atoms with Crippen LogP contribution in [0.15, 0.2) is 4.47 Å². The van der Waals surface area contributed by atoms with Gasteiger partial charge in [0.05, 0.1) is 15.9 Å². The standard InChI is InChI=1S/C17H28BrN3/c1-3-15-17(18)16(21(4-2)19-15)12-20-10-9-13-7-5-6-8-14(13)11-20/h13-14H,3-12H2,1-2H3. The summed E-state index contributed by atoms with van der Waals surface area (Å²) in [7, 11) is 0. The molecule has 0 radical (unpaired) electrons. The van der Waals surface area contributed by atoms with Crippen LogP contribution in [-0.4, -0.2) is 27.8 Å². The third-order valence-electron chi connectivity index (χ3n) is 5.44. The lowest BCUT2D eigenvalue weighted by atomic mass is 9.75. The first kappa shape index (κ1) is 15.5. The van der Waals surface area contributed by atoms with Crippen LogP contribution in [0.25, 0.3) is 0 Å². The normalized spacial score (nSPS) is 26.8. The molecule has 0 aromatic carbocycles. The van der Waals surface area contributed by atoms with Crippen LogP contribution in [0, 0.1) is 11.8 Å². The number of hydrogen-bond acceptors (Lipinski definition) is 2. The van der Waals surface area contributed by atoms with Crippen molar-refractivity contribution >= 4 is 15.9 Å². The average molecular weight is 354 g/mol. The van der Waals surface area contributed by atoms with Gasteiger partial charge < -0.3 is 0 Å². The first-order valence-corrected chi connectivity index (χ1v) is 9.48. The monoisotopic (exact) mass is 353 g/mol. The lowest BCUT2D eigenvalue weighted by Crippen LogP contribution is -2.41. The van der Waals surface area contributed by atoms with Gasteiger partial charge in [-0.05, 0) is 60.5 Å². The van der Waals surface area contributed by atoms with Crippen LogP contribution in [0.3, 0.4) is 0 Å². The Morgan fingerprint density at radius 2 is 1.90 bits per heavy atom. The van der Waals surface area contributed by atoms with Gasteiger partial charge in [-0.2, -0.15) is 5.10 Å². The molecule has 1 aliphatic carbocycles. The van der Waals surface area contributed by atoms with Gasteiger partial charge in [-0.3, -0.25) is 9.58 Å². The Kier molecular flexibility index (Phi) is 5.05. The van der Waals surface area contributed by atoms with Crippen molar-refractivity contribution < 1.29 is 0 Å². The van der Waals surface area contributed by atoms with E-state index < -0.39 is 0 Å². The summed E-state index contributed by atoms with van der Waals surface area (Å²) in [6, 6.07) is 0. The van der Waals surface area contributed by atoms with Gasteiger partial charge in [0.25, 0.3) is 0 Å². The molecule has 2 atom stereocenters. The molecule has 1 aliphatic heterocycles. The summed E-state index contributed by atoms with van der Waals surface area (Å²) in [5, 5.41) is 4.74. The third kappa shape index (κ3) is 3.21. The molecule has 0 amide bonds. The zero-order valence-corrected chi connectivity index (χ0v) is 15.0. The molecule has 3 nitrogen and oxygen atoms in total. The summed E-state index contributed by atoms with van der Waals surface area (Å²) < 4.78 is 3.44. The quantitative estimate of drug-likeness (QED) is 0.806. The van der Waals surface area contributed by atoms with E-state index in [-0.39, 0.29) is 0 Å². The van der Waals surface area contributed by atoms with Crippen molar-refractivity contribution in [1.29, 1.82) is 0 Å². The van der Waals surface area contributed by atoms with E-state index in [2.05, 4.69) is 39.4 Å². The minimum Gasteiger partial charge on any atom is -0.297 e. The summed E-state index contributed by atoms with van der Waals surface area (Å²) in [4.78, 5) is 2.67. The van der Waals surface area contributed by atoms with Crippen LogP contribution in [0.5, 0.6) is 0 Å². The van der Waals surface area contributed by atoms with Crippen LogP contribution in [0.4, 0.5) is 0 Å². The maximum atomic E-state index is 4.74. The van der Waals surface area contributed by atoms with Crippen LogP contribution in [0.1, 0.15) is 57.3 Å². The van der Waals surface area contributed by atoms with Crippen LogP contribution in [-0.2, 0) is 19.5 Å². The second kappa shape index (κ2) is 6.82. The molecule has 3 rings (SSSR count). The van der Waals surface area contributed by atoms with Crippen molar-refractivity contribution in [3.05, 3.63) is 15.9 Å². The molecule has 0 spiro atoms. The number of aromatic nitrogens is 2. The molecule has 2 fully saturated rings. The molecule has 1 aromatic rings. The Balaban J connectivity index is 1.70. The summed E-state index contributed by atoms with van der Waals surface area (Å²) in [5.74, 6) is 1.97. The Labute approximate surface area is 137 Å². The smallest absolute Gasteiger partial charge is 0.0767 e. The second-order valence-electron chi connectivity index (χ2n) is 6.71. The van der Waals surface area contributed by atoms with Gasteiger partial charge in [0.15, 0.2) is 0 Å². The lowest BCUT2D eigenvalue weighted by molar-refractivity contribution is 0.0801. The number of nitrogens with zero attached hydrogens (tertiary/aromatic N) is 3. The Morgan fingerprint density at radius 1 is 1.14 bits per heavy atom. The third-order valence-corrected chi connectivity index (χ3v) is 6.36. The van der Waals surface area contributed by atoms with Crippen molar-refractivity contribution in [2.24, 2.45) is 11.8 Å². The molecule has 0 bridgehead atoms. The number of piperidine rings is 1. The molecule has 2 aliphatic rings. The second-order valence-corrected chi connectivity index (χ2v) is 7.50. The Hall–Kier alpha value is -0.350. The number of hydrogen-bond donors (Lipinski definition) is 0. The van der Waals surface area contributed by atoms with Crippen molar-refractivity contribution in [3.63, 3.8) is 0 Å². The molecule has 21 heavy (non-hydrogen) atoms. The topological polar surface area (TPSA) is 21.1 Å². The first-order chi connectivity index (χ1) is 10.2. The molecule has 1 aromatic heterocycles. The maximum Gasteiger partial charge on any atom is 0.0767 e. The Bertz CT molecular complexity index is 483. The molecule has 0 N–H and O–H groups in total. The van der Waals surface area contributed by atoms with Gasteiger partial charge in [0.1, 0.15) is 0 Å². The van der Waals surface area contributed by atoms with Crippen molar-refractivity contribution in [3.8, 4) is 0 Å². The summed E-state index contributed by atoms with van der Waals surface area (Å²) in [6.45, 7) is 8.97. The number of rotatable bonds is 4. The van der Waals surface area contributed by atoms with Gasteiger partial charge in [-0.25, -0.2) is 0 Å². The highest BCUT2D eigenvalue weighted by Gasteiger charge is 2.31. The Morgan fingerprint density at radius 3 is 2.62 bits per heavy atom. The molecule has 4 heteroatoms. The number of halogens is 1. The SMILES string of the molecule is CCc1nn(CC)c(CN2CCC3CCCCC3C2)c1Br. The predicted molar refractivity (Wildman–Crippen MR) is 90.3 cm³/mol. The first-order valence-electron chi connectivity index (χ1n) is 8.69. The van der Waals surface area contributed by atoms with Gasteiger partial charge in [-0.1, -0.05) is 26.2 Å². The molecular formula is C17H28BrN3. The van der Waals surface area contributed by atoms with Crippen molar-refractivity contribution in [1.82, 2.24) is 14.7 Å². The highest BCUT2D eigenvalue weighted by molar-refractivity contribution is 9.10. The largest absolute Gasteiger partial charge is 0.297 e. The highest BCUT2D eigenvalue weighted by Crippen LogP contribution is 2.37. The van der Waals surface area contributed by atoms with Gasteiger partial charge in [0, 0.05) is 19.6 Å². The fourth-order valence-corrected chi connectivity index (χ4v) is 4.89. The molecule has 1 saturated carbocycles. The van der Waals surface area contributed by atoms with Gasteiger partial charge >= 0.3 is 0 Å². The van der Waals surface area contributed by atoms with Crippen LogP contribution >= 0.6 is 15.9 Å². The molecule has 2 unspecified atom stereocenters. The van der Waals surface area contributed by atoms with E-state index in [0.717, 1.165) is 31.3 Å². The number of aryl methyl sites for hydroxylation is 2. The van der Waals surface area contributed by atoms with Gasteiger partial charge in [-0.15, -0.1) is 0 Å². The van der Waals surface area contributed by atoms with E-state index >= 15 is 0 Å².